The van der Waals surface area contributed by atoms with Crippen molar-refractivity contribution in [3.05, 3.63) is 33.4 Å². The topological polar surface area (TPSA) is 34.1 Å². The maximum atomic E-state index is 11.5. The van der Waals surface area contributed by atoms with Crippen LogP contribution in [0.5, 0.6) is 0 Å². The van der Waals surface area contributed by atoms with Crippen LogP contribution in [0.25, 0.3) is 0 Å². The standard InChI is InChI=1S/C13H16O2/c1-7-8(2)10(4)13(12(15)6-14)11(5)9(7)3/h6H,1-5H3. The lowest BCUT2D eigenvalue weighted by atomic mass is 9.88. The molecule has 0 saturated carbocycles. The molecule has 15 heavy (non-hydrogen) atoms. The molecule has 0 heterocycles. The average molecular weight is 204 g/mol. The fourth-order valence-corrected chi connectivity index (χ4v) is 1.93. The summed E-state index contributed by atoms with van der Waals surface area (Å²) in [5.74, 6) is -0.420. The van der Waals surface area contributed by atoms with Crippen molar-refractivity contribution in [2.75, 3.05) is 0 Å². The van der Waals surface area contributed by atoms with Gasteiger partial charge in [0.05, 0.1) is 0 Å². The molecular formula is C13H16O2. The van der Waals surface area contributed by atoms with Crippen LogP contribution in [0.2, 0.25) is 0 Å². The van der Waals surface area contributed by atoms with Gasteiger partial charge < -0.3 is 0 Å². The molecule has 80 valence electrons. The molecule has 0 amide bonds. The van der Waals surface area contributed by atoms with Gasteiger partial charge >= 0.3 is 0 Å². The van der Waals surface area contributed by atoms with Crippen molar-refractivity contribution in [2.24, 2.45) is 0 Å². The molecule has 0 N–H and O–H groups in total. The molecule has 1 aromatic rings. The average Bonchev–Trinajstić information content (AvgIpc) is 2.23. The molecule has 0 fully saturated rings. The molecule has 1 rings (SSSR count). The Hall–Kier alpha value is -1.44. The minimum atomic E-state index is -0.420. The van der Waals surface area contributed by atoms with Crippen molar-refractivity contribution in [1.82, 2.24) is 0 Å². The number of ketones is 1. The van der Waals surface area contributed by atoms with Gasteiger partial charge in [0.2, 0.25) is 5.78 Å². The molecule has 0 aliphatic carbocycles. The highest BCUT2D eigenvalue weighted by molar-refractivity contribution is 6.34. The number of hydrogen-bond acceptors (Lipinski definition) is 2. The van der Waals surface area contributed by atoms with Gasteiger partial charge in [-0.2, -0.15) is 0 Å². The van der Waals surface area contributed by atoms with Crippen LogP contribution in [-0.4, -0.2) is 12.1 Å². The molecule has 1 aromatic carbocycles. The Morgan fingerprint density at radius 3 is 1.47 bits per heavy atom. The van der Waals surface area contributed by atoms with Gasteiger partial charge in [-0.1, -0.05) is 0 Å². The smallest absolute Gasteiger partial charge is 0.225 e. The minimum Gasteiger partial charge on any atom is -0.294 e. The minimum absolute atomic E-state index is 0.392. The normalized spacial score (nSPS) is 10.2. The van der Waals surface area contributed by atoms with Crippen LogP contribution in [0.15, 0.2) is 0 Å². The Labute approximate surface area is 90.3 Å². The van der Waals surface area contributed by atoms with Crippen molar-refractivity contribution in [2.45, 2.75) is 34.6 Å². The van der Waals surface area contributed by atoms with Gasteiger partial charge in [0.1, 0.15) is 0 Å². The van der Waals surface area contributed by atoms with E-state index >= 15 is 0 Å². The zero-order chi connectivity index (χ0) is 11.7. The zero-order valence-corrected chi connectivity index (χ0v) is 9.89. The van der Waals surface area contributed by atoms with E-state index in [0.29, 0.717) is 11.8 Å². The van der Waals surface area contributed by atoms with Crippen LogP contribution in [-0.2, 0) is 4.79 Å². The van der Waals surface area contributed by atoms with Crippen LogP contribution in [0.4, 0.5) is 0 Å². The summed E-state index contributed by atoms with van der Waals surface area (Å²) in [6.45, 7) is 9.80. The number of rotatable bonds is 2. The summed E-state index contributed by atoms with van der Waals surface area (Å²) in [7, 11) is 0. The molecule has 0 aliphatic rings. The summed E-state index contributed by atoms with van der Waals surface area (Å²) in [6.07, 6.45) is 0.392. The van der Waals surface area contributed by atoms with Crippen LogP contribution in [0, 0.1) is 34.6 Å². The summed E-state index contributed by atoms with van der Waals surface area (Å²) in [6, 6.07) is 0. The van der Waals surface area contributed by atoms with Crippen molar-refractivity contribution < 1.29 is 9.59 Å². The quantitative estimate of drug-likeness (QED) is 0.421. The first-order valence-corrected chi connectivity index (χ1v) is 4.98. The third-order valence-electron chi connectivity index (χ3n) is 3.35. The lowest BCUT2D eigenvalue weighted by Crippen LogP contribution is -2.10. The van der Waals surface area contributed by atoms with Gasteiger partial charge in [0.15, 0.2) is 6.29 Å². The van der Waals surface area contributed by atoms with E-state index in [1.54, 1.807) is 0 Å². The Bertz CT molecular complexity index is 413. The lowest BCUT2D eigenvalue weighted by molar-refractivity contribution is -0.104. The van der Waals surface area contributed by atoms with E-state index in [0.717, 1.165) is 22.3 Å². The van der Waals surface area contributed by atoms with Gasteiger partial charge in [-0.15, -0.1) is 0 Å². The van der Waals surface area contributed by atoms with E-state index in [-0.39, 0.29) is 0 Å². The molecule has 0 aliphatic heterocycles. The Balaban J connectivity index is 3.67. The molecule has 0 bridgehead atoms. The summed E-state index contributed by atoms with van der Waals surface area (Å²) >= 11 is 0. The number of benzene rings is 1. The monoisotopic (exact) mass is 204 g/mol. The number of carbonyl (C=O) groups is 2. The second kappa shape index (κ2) is 3.97. The van der Waals surface area contributed by atoms with Gasteiger partial charge in [0.25, 0.3) is 0 Å². The maximum Gasteiger partial charge on any atom is 0.225 e. The number of carbonyl (C=O) groups excluding carboxylic acids is 2. The maximum absolute atomic E-state index is 11.5. The van der Waals surface area contributed by atoms with E-state index in [4.69, 9.17) is 0 Å². The first kappa shape index (κ1) is 11.6. The van der Waals surface area contributed by atoms with Crippen molar-refractivity contribution in [1.29, 1.82) is 0 Å². The van der Waals surface area contributed by atoms with Crippen LogP contribution < -0.4 is 0 Å². The molecular weight excluding hydrogens is 188 g/mol. The van der Waals surface area contributed by atoms with Crippen molar-refractivity contribution >= 4 is 12.1 Å². The third-order valence-corrected chi connectivity index (χ3v) is 3.35. The van der Waals surface area contributed by atoms with Gasteiger partial charge in [-0.3, -0.25) is 9.59 Å². The molecule has 2 nitrogen and oxygen atoms in total. The van der Waals surface area contributed by atoms with E-state index in [2.05, 4.69) is 0 Å². The Morgan fingerprint density at radius 1 is 0.800 bits per heavy atom. The highest BCUT2D eigenvalue weighted by Crippen LogP contribution is 2.25. The highest BCUT2D eigenvalue weighted by Gasteiger charge is 2.16. The molecule has 0 saturated heterocycles. The van der Waals surface area contributed by atoms with Crippen LogP contribution in [0.3, 0.4) is 0 Å². The van der Waals surface area contributed by atoms with Crippen molar-refractivity contribution in [3.8, 4) is 0 Å². The first-order chi connectivity index (χ1) is 6.91. The molecule has 2 heteroatoms. The van der Waals surface area contributed by atoms with Crippen molar-refractivity contribution in [3.63, 3.8) is 0 Å². The summed E-state index contributed by atoms with van der Waals surface area (Å²) < 4.78 is 0. The molecule has 0 spiro atoms. The second-order valence-corrected chi connectivity index (χ2v) is 3.98. The summed E-state index contributed by atoms with van der Waals surface area (Å²) in [5.41, 5.74) is 5.82. The first-order valence-electron chi connectivity index (χ1n) is 4.98. The summed E-state index contributed by atoms with van der Waals surface area (Å²) in [4.78, 5) is 22.1. The van der Waals surface area contributed by atoms with E-state index in [9.17, 15) is 9.59 Å². The third kappa shape index (κ3) is 1.72. The predicted octanol–water partition coefficient (Wildman–Crippen LogP) is 2.61. The Kier molecular flexibility index (Phi) is 3.08. The largest absolute Gasteiger partial charge is 0.294 e. The Morgan fingerprint density at radius 2 is 1.13 bits per heavy atom. The van der Waals surface area contributed by atoms with Gasteiger partial charge in [-0.25, -0.2) is 0 Å². The van der Waals surface area contributed by atoms with Gasteiger partial charge in [0, 0.05) is 5.56 Å². The molecule has 0 unspecified atom stereocenters. The molecule has 0 radical (unpaired) electrons. The van der Waals surface area contributed by atoms with E-state index < -0.39 is 5.78 Å². The number of Topliss-reactive ketones (excluding diaryl/α,β-unsaturated/α-hetero) is 1. The van der Waals surface area contributed by atoms with Crippen LogP contribution >= 0.6 is 0 Å². The van der Waals surface area contributed by atoms with E-state index in [1.165, 1.54) is 5.56 Å². The zero-order valence-electron chi connectivity index (χ0n) is 9.89. The highest BCUT2D eigenvalue weighted by atomic mass is 16.2. The fraction of sp³-hybridized carbons (Fsp3) is 0.385. The molecule has 0 aromatic heterocycles. The number of hydrogen-bond donors (Lipinski definition) is 0. The fourth-order valence-electron chi connectivity index (χ4n) is 1.93. The predicted molar refractivity (Wildman–Crippen MR) is 60.5 cm³/mol. The second-order valence-electron chi connectivity index (χ2n) is 3.98. The van der Waals surface area contributed by atoms with Crippen LogP contribution in [0.1, 0.15) is 38.2 Å². The lowest BCUT2D eigenvalue weighted by Gasteiger charge is -2.16. The van der Waals surface area contributed by atoms with Gasteiger partial charge in [-0.05, 0) is 62.4 Å². The SMILES string of the molecule is Cc1c(C)c(C)c(C(=O)C=O)c(C)c1C. The van der Waals surface area contributed by atoms with E-state index in [1.807, 2.05) is 34.6 Å². The summed E-state index contributed by atoms with van der Waals surface area (Å²) in [5, 5.41) is 0. The molecule has 0 atom stereocenters. The number of aldehydes is 1.